The predicted molar refractivity (Wildman–Crippen MR) is 72.9 cm³/mol. The number of hydrogen-bond acceptors (Lipinski definition) is 5. The minimum absolute atomic E-state index is 0.134. The molecule has 0 saturated heterocycles. The number of hydrogen-bond donors (Lipinski definition) is 3. The normalized spacial score (nSPS) is 10.3. The van der Waals surface area contributed by atoms with E-state index < -0.39 is 16.9 Å². The largest absolute Gasteiger partial charge is 0.464 e. The van der Waals surface area contributed by atoms with Crippen molar-refractivity contribution in [3.8, 4) is 11.1 Å². The SMILES string of the molecule is NC(=O)c1c(-c2ccc([N+](=O)[O-])cc2)cn(C(=O)O)c1N. The average Bonchev–Trinajstić information content (AvgIpc) is 2.76. The number of nitro benzene ring substituents is 1. The van der Waals surface area contributed by atoms with Crippen molar-refractivity contribution in [1.82, 2.24) is 4.57 Å². The molecule has 2 aromatic rings. The van der Waals surface area contributed by atoms with Crippen LogP contribution in [0.1, 0.15) is 10.4 Å². The van der Waals surface area contributed by atoms with E-state index in [0.717, 1.165) is 6.20 Å². The zero-order valence-electron chi connectivity index (χ0n) is 10.5. The fraction of sp³-hybridized carbons (Fsp3) is 0. The lowest BCUT2D eigenvalue weighted by Crippen LogP contribution is -2.16. The highest BCUT2D eigenvalue weighted by Gasteiger charge is 2.22. The van der Waals surface area contributed by atoms with Gasteiger partial charge in [-0.25, -0.2) is 9.36 Å². The fourth-order valence-corrected chi connectivity index (χ4v) is 1.92. The average molecular weight is 290 g/mol. The van der Waals surface area contributed by atoms with E-state index in [1.165, 1.54) is 24.3 Å². The summed E-state index contributed by atoms with van der Waals surface area (Å²) < 4.78 is 0.664. The second-order valence-corrected chi connectivity index (χ2v) is 4.12. The molecule has 0 fully saturated rings. The van der Waals surface area contributed by atoms with Crippen molar-refractivity contribution in [2.24, 2.45) is 5.73 Å². The Balaban J connectivity index is 2.62. The number of nitrogens with two attached hydrogens (primary N) is 2. The predicted octanol–water partition coefficient (Wildman–Crippen LogP) is 1.27. The lowest BCUT2D eigenvalue weighted by molar-refractivity contribution is -0.384. The van der Waals surface area contributed by atoms with Gasteiger partial charge in [0.1, 0.15) is 5.82 Å². The Labute approximate surface area is 117 Å². The number of nitrogen functional groups attached to an aromatic ring is 1. The summed E-state index contributed by atoms with van der Waals surface area (Å²) in [5.74, 6) is -1.19. The number of benzene rings is 1. The van der Waals surface area contributed by atoms with Gasteiger partial charge in [0.05, 0.1) is 10.5 Å². The van der Waals surface area contributed by atoms with Gasteiger partial charge >= 0.3 is 6.09 Å². The van der Waals surface area contributed by atoms with Crippen LogP contribution in [0.5, 0.6) is 0 Å². The molecule has 2 rings (SSSR count). The molecule has 5 N–H and O–H groups in total. The van der Waals surface area contributed by atoms with Crippen LogP contribution in [0.15, 0.2) is 30.5 Å². The van der Waals surface area contributed by atoms with Crippen molar-refractivity contribution < 1.29 is 19.6 Å². The first kappa shape index (κ1) is 14.1. The van der Waals surface area contributed by atoms with Gasteiger partial charge in [-0.3, -0.25) is 14.9 Å². The number of anilines is 1. The molecule has 9 heteroatoms. The quantitative estimate of drug-likeness (QED) is 0.571. The minimum Gasteiger partial charge on any atom is -0.464 e. The molecule has 0 aliphatic heterocycles. The summed E-state index contributed by atoms with van der Waals surface area (Å²) in [5, 5.41) is 19.6. The number of non-ortho nitro benzene ring substituents is 1. The highest BCUT2D eigenvalue weighted by molar-refractivity contribution is 6.06. The van der Waals surface area contributed by atoms with Crippen LogP contribution in [-0.4, -0.2) is 26.6 Å². The summed E-state index contributed by atoms with van der Waals surface area (Å²) in [6.45, 7) is 0. The van der Waals surface area contributed by atoms with Crippen LogP contribution in [0.25, 0.3) is 11.1 Å². The van der Waals surface area contributed by atoms with E-state index in [2.05, 4.69) is 0 Å². The monoisotopic (exact) mass is 290 g/mol. The number of primary amides is 1. The molecule has 0 aliphatic rings. The second kappa shape index (κ2) is 4.96. The van der Waals surface area contributed by atoms with Gasteiger partial charge in [0.25, 0.3) is 11.6 Å². The molecule has 0 unspecified atom stereocenters. The first-order valence-electron chi connectivity index (χ1n) is 5.61. The van der Waals surface area contributed by atoms with E-state index in [0.29, 0.717) is 10.1 Å². The topological polar surface area (TPSA) is 154 Å². The molecule has 1 heterocycles. The van der Waals surface area contributed by atoms with E-state index in [4.69, 9.17) is 16.6 Å². The van der Waals surface area contributed by atoms with Crippen molar-refractivity contribution in [2.45, 2.75) is 0 Å². The van der Waals surface area contributed by atoms with Gasteiger partial charge in [-0.15, -0.1) is 0 Å². The van der Waals surface area contributed by atoms with E-state index >= 15 is 0 Å². The number of carboxylic acid groups (broad SMARTS) is 1. The molecule has 1 aromatic heterocycles. The van der Waals surface area contributed by atoms with Crippen molar-refractivity contribution in [3.63, 3.8) is 0 Å². The van der Waals surface area contributed by atoms with Gasteiger partial charge in [-0.05, 0) is 17.7 Å². The Kier molecular flexibility index (Phi) is 3.32. The molecule has 0 spiro atoms. The Bertz CT molecular complexity index is 748. The van der Waals surface area contributed by atoms with Crippen LogP contribution < -0.4 is 11.5 Å². The zero-order chi connectivity index (χ0) is 15.7. The van der Waals surface area contributed by atoms with Crippen LogP contribution in [0, 0.1) is 10.1 Å². The van der Waals surface area contributed by atoms with Gasteiger partial charge in [-0.2, -0.15) is 0 Å². The molecule has 0 aliphatic carbocycles. The molecule has 0 radical (unpaired) electrons. The molecule has 21 heavy (non-hydrogen) atoms. The van der Waals surface area contributed by atoms with Gasteiger partial charge < -0.3 is 16.6 Å². The van der Waals surface area contributed by atoms with E-state index in [9.17, 15) is 19.7 Å². The second-order valence-electron chi connectivity index (χ2n) is 4.12. The van der Waals surface area contributed by atoms with Gasteiger partial charge in [0.15, 0.2) is 0 Å². The standard InChI is InChI=1S/C12H10N4O5/c13-10-9(11(14)17)8(5-15(10)12(18)19)6-1-3-7(4-2-6)16(20)21/h1-5H,13H2,(H2,14,17)(H,18,19). The van der Waals surface area contributed by atoms with Gasteiger partial charge in [-0.1, -0.05) is 0 Å². The van der Waals surface area contributed by atoms with Crippen LogP contribution in [0.2, 0.25) is 0 Å². The Morgan fingerprint density at radius 3 is 2.24 bits per heavy atom. The van der Waals surface area contributed by atoms with Gasteiger partial charge in [0.2, 0.25) is 0 Å². The number of amides is 1. The lowest BCUT2D eigenvalue weighted by Gasteiger charge is -2.01. The van der Waals surface area contributed by atoms with Crippen LogP contribution in [0.3, 0.4) is 0 Å². The number of rotatable bonds is 3. The zero-order valence-corrected chi connectivity index (χ0v) is 10.5. The van der Waals surface area contributed by atoms with Crippen LogP contribution in [0.4, 0.5) is 16.3 Å². The summed E-state index contributed by atoms with van der Waals surface area (Å²) in [6.07, 6.45) is -0.234. The maximum absolute atomic E-state index is 11.5. The molecular weight excluding hydrogens is 280 g/mol. The highest BCUT2D eigenvalue weighted by Crippen LogP contribution is 2.30. The highest BCUT2D eigenvalue weighted by atomic mass is 16.6. The molecule has 9 nitrogen and oxygen atoms in total. The summed E-state index contributed by atoms with van der Waals surface area (Å²) >= 11 is 0. The molecule has 0 atom stereocenters. The third-order valence-electron chi connectivity index (χ3n) is 2.88. The van der Waals surface area contributed by atoms with Gasteiger partial charge in [0, 0.05) is 23.9 Å². The van der Waals surface area contributed by atoms with Crippen molar-refractivity contribution >= 4 is 23.5 Å². The number of carbonyl (C=O) groups excluding carboxylic acids is 1. The fourth-order valence-electron chi connectivity index (χ4n) is 1.92. The molecular formula is C12H10N4O5. The molecule has 0 bridgehead atoms. The third kappa shape index (κ3) is 2.39. The number of nitro groups is 1. The first-order valence-corrected chi connectivity index (χ1v) is 5.61. The Morgan fingerprint density at radius 1 is 1.24 bits per heavy atom. The summed E-state index contributed by atoms with van der Waals surface area (Å²) in [5.41, 5.74) is 11.1. The third-order valence-corrected chi connectivity index (χ3v) is 2.88. The smallest absolute Gasteiger partial charge is 0.417 e. The molecule has 108 valence electrons. The lowest BCUT2D eigenvalue weighted by atomic mass is 10.0. The number of nitrogens with zero attached hydrogens (tertiary/aromatic N) is 2. The minimum atomic E-state index is -1.37. The van der Waals surface area contributed by atoms with Crippen molar-refractivity contribution in [3.05, 3.63) is 46.1 Å². The van der Waals surface area contributed by atoms with E-state index in [1.54, 1.807) is 0 Å². The van der Waals surface area contributed by atoms with E-state index in [-0.39, 0.29) is 22.6 Å². The van der Waals surface area contributed by atoms with Crippen LogP contribution in [-0.2, 0) is 0 Å². The Morgan fingerprint density at radius 2 is 1.81 bits per heavy atom. The Hall–Kier alpha value is -3.36. The van der Waals surface area contributed by atoms with Crippen molar-refractivity contribution in [2.75, 3.05) is 5.73 Å². The number of carbonyl (C=O) groups is 2. The molecule has 1 amide bonds. The first-order chi connectivity index (χ1) is 9.82. The summed E-state index contributed by atoms with van der Waals surface area (Å²) in [4.78, 5) is 32.5. The van der Waals surface area contributed by atoms with Crippen LogP contribution >= 0.6 is 0 Å². The van der Waals surface area contributed by atoms with Crippen molar-refractivity contribution in [1.29, 1.82) is 0 Å². The number of aromatic nitrogens is 1. The summed E-state index contributed by atoms with van der Waals surface area (Å²) in [7, 11) is 0. The summed E-state index contributed by atoms with van der Waals surface area (Å²) in [6, 6.07) is 5.22. The maximum Gasteiger partial charge on any atom is 0.417 e. The molecule has 0 saturated carbocycles. The van der Waals surface area contributed by atoms with E-state index in [1.807, 2.05) is 0 Å². The molecule has 1 aromatic carbocycles. The maximum atomic E-state index is 11.5.